The number of phenolic OH excluding ortho intramolecular Hbond substituents is 1. The molecule has 2 saturated heterocycles. The number of aromatic hydroxyl groups is 1. The van der Waals surface area contributed by atoms with Gasteiger partial charge in [0.25, 0.3) is 11.8 Å². The van der Waals surface area contributed by atoms with Gasteiger partial charge in [0.05, 0.1) is 11.1 Å². The van der Waals surface area contributed by atoms with E-state index in [0.29, 0.717) is 47.3 Å². The number of carbonyl (C=O) groups is 3. The number of aryl methyl sites for hydroxylation is 1. The first-order chi connectivity index (χ1) is 25.3. The summed E-state index contributed by atoms with van der Waals surface area (Å²) in [6.07, 6.45) is 5.21. The van der Waals surface area contributed by atoms with E-state index in [0.717, 1.165) is 74.4 Å². The lowest BCUT2D eigenvalue weighted by molar-refractivity contribution is -0.125. The third-order valence-corrected chi connectivity index (χ3v) is 12.2. The summed E-state index contributed by atoms with van der Waals surface area (Å²) in [5.41, 5.74) is 10.2. The minimum Gasteiger partial charge on any atom is -0.508 e. The van der Waals surface area contributed by atoms with Crippen molar-refractivity contribution in [3.63, 3.8) is 0 Å². The fourth-order valence-corrected chi connectivity index (χ4v) is 9.56. The average molecular weight is 693 g/mol. The molecule has 264 valence electrons. The van der Waals surface area contributed by atoms with Crippen molar-refractivity contribution in [3.05, 3.63) is 142 Å². The summed E-state index contributed by atoms with van der Waals surface area (Å²) in [7, 11) is 0. The lowest BCUT2D eigenvalue weighted by Gasteiger charge is -2.36. The topological polar surface area (TPSA) is 93.2 Å². The molecular formula is C44H44N4O4. The van der Waals surface area contributed by atoms with Crippen LogP contribution in [0.15, 0.2) is 97.2 Å². The van der Waals surface area contributed by atoms with Gasteiger partial charge in [-0.1, -0.05) is 55.1 Å². The Balaban J connectivity index is 0.833. The third-order valence-electron chi connectivity index (χ3n) is 12.2. The molecule has 8 nitrogen and oxygen atoms in total. The maximum atomic E-state index is 13.4. The van der Waals surface area contributed by atoms with Crippen LogP contribution in [-0.2, 0) is 24.3 Å². The van der Waals surface area contributed by atoms with Crippen molar-refractivity contribution in [3.8, 4) is 5.75 Å². The van der Waals surface area contributed by atoms with Crippen LogP contribution in [0.2, 0.25) is 0 Å². The predicted octanol–water partition coefficient (Wildman–Crippen LogP) is 6.87. The number of amides is 3. The first-order valence-corrected chi connectivity index (χ1v) is 18.8. The highest BCUT2D eigenvalue weighted by atomic mass is 16.3. The molecule has 9 rings (SSSR count). The van der Waals surface area contributed by atoms with Crippen LogP contribution >= 0.6 is 0 Å². The van der Waals surface area contributed by atoms with Gasteiger partial charge in [0, 0.05) is 50.0 Å². The van der Waals surface area contributed by atoms with E-state index < -0.39 is 6.04 Å². The van der Waals surface area contributed by atoms with Crippen molar-refractivity contribution in [1.29, 1.82) is 0 Å². The number of rotatable bonds is 6. The molecule has 52 heavy (non-hydrogen) atoms. The molecule has 3 unspecified atom stereocenters. The minimum atomic E-state index is -0.786. The van der Waals surface area contributed by atoms with Crippen LogP contribution in [0.5, 0.6) is 5.75 Å². The zero-order valence-corrected chi connectivity index (χ0v) is 29.4. The van der Waals surface area contributed by atoms with Crippen molar-refractivity contribution in [2.75, 3.05) is 24.5 Å². The van der Waals surface area contributed by atoms with Crippen LogP contribution in [0, 0.1) is 5.92 Å². The highest BCUT2D eigenvalue weighted by molar-refractivity contribution is 6.23. The molecule has 2 N–H and O–H groups in total. The first kappa shape index (κ1) is 32.7. The standard InChI is InChI=1S/C44H44N4O4/c1-27-7-16-40(42(50)45-27)48-43(51)38-22-32-25-46(26-33(32)23-39(38)44(48)52)24-28-17-19-47(20-18-28)34-11-8-30(9-12-34)41-36(29-5-3-2-4-6-29)14-10-31-21-35(49)13-15-37(31)41/h2-6,8-9,11-13,15,21-23,28,36,40-41,49H,1,7,10,14,16-20,24-26H2,(H,45,50). The Kier molecular flexibility index (Phi) is 8.22. The quantitative estimate of drug-likeness (QED) is 0.214. The Hall–Kier alpha value is -5.21. The molecule has 5 aliphatic rings. The van der Waals surface area contributed by atoms with Gasteiger partial charge in [-0.2, -0.15) is 0 Å². The summed E-state index contributed by atoms with van der Waals surface area (Å²) in [4.78, 5) is 45.5. The van der Waals surface area contributed by atoms with Gasteiger partial charge in [-0.15, -0.1) is 0 Å². The fraction of sp³-hybridized carbons (Fsp3) is 0.341. The molecule has 0 spiro atoms. The molecule has 0 bridgehead atoms. The van der Waals surface area contributed by atoms with Crippen LogP contribution in [0.1, 0.15) is 98.0 Å². The maximum Gasteiger partial charge on any atom is 0.262 e. The summed E-state index contributed by atoms with van der Waals surface area (Å²) >= 11 is 0. The van der Waals surface area contributed by atoms with Crippen LogP contribution in [0.4, 0.5) is 5.69 Å². The number of nitrogens with zero attached hydrogens (tertiary/aromatic N) is 3. The number of fused-ring (bicyclic) bond motifs is 3. The van der Waals surface area contributed by atoms with Crippen molar-refractivity contribution in [1.82, 2.24) is 15.1 Å². The smallest absolute Gasteiger partial charge is 0.262 e. The predicted molar refractivity (Wildman–Crippen MR) is 200 cm³/mol. The van der Waals surface area contributed by atoms with Crippen molar-refractivity contribution in [2.24, 2.45) is 5.92 Å². The second kappa shape index (κ2) is 13.1. The second-order valence-corrected chi connectivity index (χ2v) is 15.4. The molecule has 2 fully saturated rings. The lowest BCUT2D eigenvalue weighted by Crippen LogP contribution is -2.51. The number of piperidine rings is 2. The van der Waals surface area contributed by atoms with Crippen LogP contribution in [0.3, 0.4) is 0 Å². The SMILES string of the molecule is C=C1CCC(N2C(=O)c3cc4c(cc3C2=O)CN(CC2CCN(c3ccc(C5c6ccc(O)cc6CCC5c5ccccc5)cc3)CC2)C4)C(=O)N1. The van der Waals surface area contributed by atoms with Crippen molar-refractivity contribution in [2.45, 2.75) is 69.5 Å². The normalized spacial score (nSPS) is 23.4. The molecule has 1 aliphatic carbocycles. The van der Waals surface area contributed by atoms with Gasteiger partial charge in [-0.25, -0.2) is 0 Å². The number of imide groups is 1. The summed E-state index contributed by atoms with van der Waals surface area (Å²) in [6.45, 7) is 8.36. The number of anilines is 1. The lowest BCUT2D eigenvalue weighted by atomic mass is 9.69. The molecule has 3 amide bonds. The second-order valence-electron chi connectivity index (χ2n) is 15.4. The minimum absolute atomic E-state index is 0.242. The van der Waals surface area contributed by atoms with Gasteiger partial charge in [-0.3, -0.25) is 24.2 Å². The Bertz CT molecular complexity index is 2040. The van der Waals surface area contributed by atoms with E-state index in [1.54, 1.807) is 0 Å². The fourth-order valence-electron chi connectivity index (χ4n) is 9.56. The monoisotopic (exact) mass is 692 g/mol. The number of allylic oxidation sites excluding steroid dienone is 1. The van der Waals surface area contributed by atoms with E-state index in [1.165, 1.54) is 27.9 Å². The average Bonchev–Trinajstić information content (AvgIpc) is 3.66. The van der Waals surface area contributed by atoms with Gasteiger partial charge >= 0.3 is 0 Å². The largest absolute Gasteiger partial charge is 0.508 e. The molecule has 4 heterocycles. The third kappa shape index (κ3) is 5.79. The number of hydrogen-bond donors (Lipinski definition) is 2. The molecule has 4 aromatic carbocycles. The highest BCUT2D eigenvalue weighted by Gasteiger charge is 2.45. The molecule has 0 aromatic heterocycles. The zero-order chi connectivity index (χ0) is 35.5. The van der Waals surface area contributed by atoms with E-state index in [4.69, 9.17) is 0 Å². The van der Waals surface area contributed by atoms with E-state index in [1.807, 2.05) is 24.3 Å². The summed E-state index contributed by atoms with van der Waals surface area (Å²) in [5.74, 6) is 0.482. The molecular weight excluding hydrogens is 649 g/mol. The van der Waals surface area contributed by atoms with Gasteiger partial charge < -0.3 is 15.3 Å². The number of hydrogen-bond acceptors (Lipinski definition) is 6. The summed E-state index contributed by atoms with van der Waals surface area (Å²) in [6, 6.07) is 29.0. The maximum absolute atomic E-state index is 13.4. The van der Waals surface area contributed by atoms with E-state index in [-0.39, 0.29) is 23.6 Å². The molecule has 4 aliphatic heterocycles. The van der Waals surface area contributed by atoms with Gasteiger partial charge in [0.15, 0.2) is 0 Å². The molecule has 4 aromatic rings. The van der Waals surface area contributed by atoms with Crippen molar-refractivity contribution < 1.29 is 19.5 Å². The highest BCUT2D eigenvalue weighted by Crippen LogP contribution is 2.47. The number of carbonyl (C=O) groups excluding carboxylic acids is 3. The van der Waals surface area contributed by atoms with Gasteiger partial charge in [0.2, 0.25) is 5.91 Å². The number of nitrogens with one attached hydrogen (secondary N) is 1. The molecule has 8 heteroatoms. The summed E-state index contributed by atoms with van der Waals surface area (Å²) in [5, 5.41) is 12.9. The number of phenols is 1. The zero-order valence-electron chi connectivity index (χ0n) is 29.4. The van der Waals surface area contributed by atoms with E-state index in [2.05, 4.69) is 82.4 Å². The molecule has 3 atom stereocenters. The summed E-state index contributed by atoms with van der Waals surface area (Å²) < 4.78 is 0. The Morgan fingerprint density at radius 2 is 1.42 bits per heavy atom. The Morgan fingerprint density at radius 3 is 2.10 bits per heavy atom. The Labute approximate surface area is 304 Å². The molecule has 0 radical (unpaired) electrons. The molecule has 0 saturated carbocycles. The van der Waals surface area contributed by atoms with Gasteiger partial charge in [0.1, 0.15) is 11.8 Å². The Morgan fingerprint density at radius 1 is 0.731 bits per heavy atom. The number of benzene rings is 4. The van der Waals surface area contributed by atoms with Crippen LogP contribution in [0.25, 0.3) is 0 Å². The van der Waals surface area contributed by atoms with Crippen LogP contribution < -0.4 is 10.2 Å². The van der Waals surface area contributed by atoms with Crippen LogP contribution in [-0.4, -0.2) is 58.3 Å². The van der Waals surface area contributed by atoms with Crippen molar-refractivity contribution >= 4 is 23.4 Å². The van der Waals surface area contributed by atoms with E-state index in [9.17, 15) is 19.5 Å². The van der Waals surface area contributed by atoms with E-state index >= 15 is 0 Å². The van der Waals surface area contributed by atoms with Gasteiger partial charge in [-0.05, 0) is 120 Å². The first-order valence-electron chi connectivity index (χ1n) is 18.8.